The molecule has 0 bridgehead atoms. The number of aromatic nitrogens is 4. The fourth-order valence-corrected chi connectivity index (χ4v) is 3.17. The summed E-state index contributed by atoms with van der Waals surface area (Å²) in [4.78, 5) is 35.6. The molecular formula is C19H17N5O2S. The Labute approximate surface area is 159 Å². The van der Waals surface area contributed by atoms with Crippen LogP contribution in [-0.4, -0.2) is 25.4 Å². The van der Waals surface area contributed by atoms with Crippen LogP contribution in [0.25, 0.3) is 21.9 Å². The molecule has 0 aliphatic rings. The predicted molar refractivity (Wildman–Crippen MR) is 106 cm³/mol. The van der Waals surface area contributed by atoms with Crippen LogP contribution in [0.4, 0.5) is 0 Å². The molecule has 7 nitrogen and oxygen atoms in total. The smallest absolute Gasteiger partial charge is 0.261 e. The van der Waals surface area contributed by atoms with Crippen molar-refractivity contribution in [2.45, 2.75) is 13.0 Å². The second-order valence-electron chi connectivity index (χ2n) is 6.39. The van der Waals surface area contributed by atoms with Crippen molar-refractivity contribution in [3.8, 4) is 0 Å². The molecule has 4 rings (SSSR count). The molecule has 1 atom stereocenters. The van der Waals surface area contributed by atoms with Gasteiger partial charge in [0.15, 0.2) is 4.77 Å². The lowest BCUT2D eigenvalue weighted by atomic mass is 10.1. The number of para-hydroxylation sites is 2. The van der Waals surface area contributed by atoms with Gasteiger partial charge in [0.2, 0.25) is 0 Å². The molecule has 136 valence electrons. The lowest BCUT2D eigenvalue weighted by Gasteiger charge is -2.12. The first-order valence-corrected chi connectivity index (χ1v) is 8.83. The van der Waals surface area contributed by atoms with E-state index in [1.54, 1.807) is 25.2 Å². The van der Waals surface area contributed by atoms with Gasteiger partial charge in [0.25, 0.3) is 11.5 Å². The number of rotatable bonds is 3. The number of carbonyl (C=O) groups excluding carboxylic acids is 1. The molecule has 3 N–H and O–H groups in total. The Bertz CT molecular complexity index is 1270. The highest BCUT2D eigenvalue weighted by Crippen LogP contribution is 2.17. The van der Waals surface area contributed by atoms with E-state index in [2.05, 4.69) is 20.3 Å². The van der Waals surface area contributed by atoms with Crippen molar-refractivity contribution in [1.82, 2.24) is 24.8 Å². The van der Waals surface area contributed by atoms with E-state index < -0.39 is 0 Å². The summed E-state index contributed by atoms with van der Waals surface area (Å²) in [6, 6.07) is 12.3. The highest BCUT2D eigenvalue weighted by atomic mass is 32.1. The van der Waals surface area contributed by atoms with Crippen LogP contribution in [0.5, 0.6) is 0 Å². The van der Waals surface area contributed by atoms with Crippen molar-refractivity contribution in [3.05, 3.63) is 69.0 Å². The number of nitrogens with zero attached hydrogens (tertiary/aromatic N) is 2. The van der Waals surface area contributed by atoms with Crippen LogP contribution in [0.2, 0.25) is 0 Å². The third kappa shape index (κ3) is 3.04. The number of hydrogen-bond acceptors (Lipinski definition) is 4. The summed E-state index contributed by atoms with van der Waals surface area (Å²) >= 11 is 5.14. The van der Waals surface area contributed by atoms with Crippen LogP contribution < -0.4 is 10.9 Å². The van der Waals surface area contributed by atoms with E-state index >= 15 is 0 Å². The molecule has 2 aromatic heterocycles. The fraction of sp³-hybridized carbons (Fsp3) is 0.158. The van der Waals surface area contributed by atoms with Gasteiger partial charge in [-0.1, -0.05) is 12.1 Å². The lowest BCUT2D eigenvalue weighted by Crippen LogP contribution is -2.27. The number of imidazole rings is 1. The van der Waals surface area contributed by atoms with Crippen LogP contribution in [0.3, 0.4) is 0 Å². The molecule has 0 aliphatic carbocycles. The monoisotopic (exact) mass is 379 g/mol. The summed E-state index contributed by atoms with van der Waals surface area (Å²) in [5, 5.41) is 3.40. The van der Waals surface area contributed by atoms with Crippen molar-refractivity contribution < 1.29 is 4.79 Å². The molecule has 2 aromatic carbocycles. The van der Waals surface area contributed by atoms with Crippen LogP contribution in [-0.2, 0) is 7.05 Å². The van der Waals surface area contributed by atoms with E-state index in [0.717, 1.165) is 11.0 Å². The normalized spacial score (nSPS) is 12.4. The fourth-order valence-electron chi connectivity index (χ4n) is 2.97. The Morgan fingerprint density at radius 2 is 1.96 bits per heavy atom. The molecule has 0 radical (unpaired) electrons. The van der Waals surface area contributed by atoms with Crippen molar-refractivity contribution in [1.29, 1.82) is 0 Å². The van der Waals surface area contributed by atoms with Gasteiger partial charge in [0.1, 0.15) is 5.82 Å². The van der Waals surface area contributed by atoms with E-state index in [-0.39, 0.29) is 17.5 Å². The van der Waals surface area contributed by atoms with E-state index in [4.69, 9.17) is 12.2 Å². The lowest BCUT2D eigenvalue weighted by molar-refractivity contribution is 0.0938. The number of nitrogens with one attached hydrogen (secondary N) is 3. The number of fused-ring (bicyclic) bond motifs is 2. The third-order valence-electron chi connectivity index (χ3n) is 4.53. The minimum atomic E-state index is -0.303. The van der Waals surface area contributed by atoms with Crippen molar-refractivity contribution >= 4 is 40.1 Å². The Morgan fingerprint density at radius 1 is 1.19 bits per heavy atom. The molecule has 27 heavy (non-hydrogen) atoms. The van der Waals surface area contributed by atoms with Gasteiger partial charge in [-0.25, -0.2) is 4.98 Å². The highest BCUT2D eigenvalue weighted by molar-refractivity contribution is 7.71. The molecule has 8 heteroatoms. The number of carbonyl (C=O) groups is 1. The van der Waals surface area contributed by atoms with E-state index in [1.807, 2.05) is 31.2 Å². The van der Waals surface area contributed by atoms with Gasteiger partial charge in [-0.05, 0) is 49.5 Å². The number of H-pyrrole nitrogens is 2. The SMILES string of the molecule is C[C@H](NC(=O)c1ccc2c(=O)n(C)c(=S)[nH]c2c1)c1nc2ccccc2[nH]1. The zero-order valence-corrected chi connectivity index (χ0v) is 15.6. The summed E-state index contributed by atoms with van der Waals surface area (Å²) in [7, 11) is 1.61. The summed E-state index contributed by atoms with van der Waals surface area (Å²) < 4.78 is 1.67. The topological polar surface area (TPSA) is 95.6 Å². The second-order valence-corrected chi connectivity index (χ2v) is 6.78. The molecule has 0 saturated heterocycles. The van der Waals surface area contributed by atoms with Crippen LogP contribution in [0, 0.1) is 4.77 Å². The Balaban J connectivity index is 1.63. The average Bonchev–Trinajstić information content (AvgIpc) is 3.10. The number of amides is 1. The largest absolute Gasteiger partial charge is 0.342 e. The molecule has 0 saturated carbocycles. The van der Waals surface area contributed by atoms with E-state index in [1.165, 1.54) is 4.57 Å². The van der Waals surface area contributed by atoms with Crippen molar-refractivity contribution in [2.75, 3.05) is 0 Å². The number of hydrogen-bond donors (Lipinski definition) is 3. The Kier molecular flexibility index (Phi) is 4.12. The van der Waals surface area contributed by atoms with E-state index in [9.17, 15) is 9.59 Å². The molecule has 0 spiro atoms. The molecule has 0 fully saturated rings. The Hall–Kier alpha value is -3.26. The Morgan fingerprint density at radius 3 is 2.74 bits per heavy atom. The van der Waals surface area contributed by atoms with Crippen molar-refractivity contribution in [2.24, 2.45) is 7.05 Å². The van der Waals surface area contributed by atoms with Gasteiger partial charge < -0.3 is 15.3 Å². The molecule has 4 aromatic rings. The standard InChI is InChI=1S/C19H17N5O2S/c1-10(16-21-13-5-3-4-6-14(13)22-16)20-17(25)11-7-8-12-15(9-11)23-19(27)24(2)18(12)26/h3-10H,1-2H3,(H,20,25)(H,21,22)(H,23,27)/t10-/m0/s1. The van der Waals surface area contributed by atoms with Gasteiger partial charge in [-0.15, -0.1) is 0 Å². The first kappa shape index (κ1) is 17.2. The third-order valence-corrected chi connectivity index (χ3v) is 4.90. The summed E-state index contributed by atoms with van der Waals surface area (Å²) in [5.41, 5.74) is 2.54. The van der Waals surface area contributed by atoms with Gasteiger partial charge in [-0.3, -0.25) is 14.2 Å². The van der Waals surface area contributed by atoms with Crippen molar-refractivity contribution in [3.63, 3.8) is 0 Å². The van der Waals surface area contributed by atoms with Gasteiger partial charge >= 0.3 is 0 Å². The summed E-state index contributed by atoms with van der Waals surface area (Å²) in [6.07, 6.45) is 0. The zero-order valence-electron chi connectivity index (χ0n) is 14.7. The minimum Gasteiger partial charge on any atom is -0.342 e. The van der Waals surface area contributed by atoms with Gasteiger partial charge in [0, 0.05) is 12.6 Å². The molecule has 1 amide bonds. The first-order valence-electron chi connectivity index (χ1n) is 8.42. The average molecular weight is 379 g/mol. The maximum absolute atomic E-state index is 12.6. The molecule has 0 unspecified atom stereocenters. The summed E-state index contributed by atoms with van der Waals surface area (Å²) in [6.45, 7) is 1.86. The summed E-state index contributed by atoms with van der Waals surface area (Å²) in [5.74, 6) is 0.420. The van der Waals surface area contributed by atoms with Crippen LogP contribution in [0.1, 0.15) is 29.1 Å². The second kappa shape index (κ2) is 6.48. The molecular weight excluding hydrogens is 362 g/mol. The molecule has 0 aliphatic heterocycles. The van der Waals surface area contributed by atoms with E-state index in [0.29, 0.717) is 27.1 Å². The van der Waals surface area contributed by atoms with Gasteiger partial charge in [0.05, 0.1) is 28.0 Å². The number of aromatic amines is 2. The van der Waals surface area contributed by atoms with Crippen LogP contribution >= 0.6 is 12.2 Å². The zero-order chi connectivity index (χ0) is 19.1. The van der Waals surface area contributed by atoms with Crippen LogP contribution in [0.15, 0.2) is 47.3 Å². The minimum absolute atomic E-state index is 0.198. The number of benzene rings is 2. The first-order chi connectivity index (χ1) is 12.9. The molecule has 2 heterocycles. The maximum atomic E-state index is 12.6. The predicted octanol–water partition coefficient (Wildman–Crippen LogP) is 2.96. The quantitative estimate of drug-likeness (QED) is 0.477. The highest BCUT2D eigenvalue weighted by Gasteiger charge is 2.15. The van der Waals surface area contributed by atoms with Gasteiger partial charge in [-0.2, -0.15) is 0 Å². The maximum Gasteiger partial charge on any atom is 0.261 e.